The first kappa shape index (κ1) is 16.4. The molecule has 1 aromatic rings. The Kier molecular flexibility index (Phi) is 6.18. The zero-order valence-corrected chi connectivity index (χ0v) is 13.4. The van der Waals surface area contributed by atoms with Crippen LogP contribution in [-0.2, 0) is 11.3 Å². The van der Waals surface area contributed by atoms with Gasteiger partial charge >= 0.3 is 0 Å². The Balaban J connectivity index is 1.74. The fourth-order valence-electron chi connectivity index (χ4n) is 3.11. The van der Waals surface area contributed by atoms with Crippen molar-refractivity contribution in [2.24, 2.45) is 0 Å². The van der Waals surface area contributed by atoms with E-state index in [2.05, 4.69) is 55.0 Å². The summed E-state index contributed by atoms with van der Waals surface area (Å²) in [6.07, 6.45) is 0.183. The van der Waals surface area contributed by atoms with Gasteiger partial charge in [0.25, 0.3) is 0 Å². The SMILES string of the molecule is CC1CN(CC(O)CN(C)Cc2ccccc2)CC(C)O1. The summed E-state index contributed by atoms with van der Waals surface area (Å²) in [5.41, 5.74) is 1.28. The van der Waals surface area contributed by atoms with Crippen LogP contribution in [0.2, 0.25) is 0 Å². The minimum atomic E-state index is -0.323. The molecule has 0 saturated carbocycles. The van der Waals surface area contributed by atoms with E-state index >= 15 is 0 Å². The maximum Gasteiger partial charge on any atom is 0.0793 e. The minimum Gasteiger partial charge on any atom is -0.390 e. The van der Waals surface area contributed by atoms with Crippen LogP contribution in [0.5, 0.6) is 0 Å². The normalized spacial score (nSPS) is 25.2. The van der Waals surface area contributed by atoms with Gasteiger partial charge in [-0.3, -0.25) is 9.80 Å². The van der Waals surface area contributed by atoms with Gasteiger partial charge < -0.3 is 9.84 Å². The van der Waals surface area contributed by atoms with Crippen LogP contribution in [0.15, 0.2) is 30.3 Å². The summed E-state index contributed by atoms with van der Waals surface area (Å²) in [7, 11) is 2.06. The highest BCUT2D eigenvalue weighted by atomic mass is 16.5. The van der Waals surface area contributed by atoms with Gasteiger partial charge in [-0.25, -0.2) is 0 Å². The van der Waals surface area contributed by atoms with Gasteiger partial charge in [-0.1, -0.05) is 30.3 Å². The number of ether oxygens (including phenoxy) is 1. The summed E-state index contributed by atoms with van der Waals surface area (Å²) in [5.74, 6) is 0. The van der Waals surface area contributed by atoms with Gasteiger partial charge in [-0.05, 0) is 26.5 Å². The van der Waals surface area contributed by atoms with Gasteiger partial charge in [0.2, 0.25) is 0 Å². The van der Waals surface area contributed by atoms with Crippen LogP contribution in [-0.4, -0.2) is 66.4 Å². The van der Waals surface area contributed by atoms with Crippen molar-refractivity contribution in [2.75, 3.05) is 33.2 Å². The molecule has 1 heterocycles. The Labute approximate surface area is 128 Å². The maximum atomic E-state index is 10.3. The highest BCUT2D eigenvalue weighted by Crippen LogP contribution is 2.11. The summed E-state index contributed by atoms with van der Waals surface area (Å²) in [5, 5.41) is 10.3. The second-order valence-electron chi connectivity index (χ2n) is 6.31. The van der Waals surface area contributed by atoms with Gasteiger partial charge in [0.1, 0.15) is 0 Å². The molecule has 1 aliphatic heterocycles. The molecule has 0 radical (unpaired) electrons. The second-order valence-corrected chi connectivity index (χ2v) is 6.31. The molecule has 1 N–H and O–H groups in total. The van der Waals surface area contributed by atoms with Crippen molar-refractivity contribution in [3.63, 3.8) is 0 Å². The number of aliphatic hydroxyl groups is 1. The summed E-state index contributed by atoms with van der Waals surface area (Å²) in [6, 6.07) is 10.4. The van der Waals surface area contributed by atoms with Crippen molar-refractivity contribution in [3.8, 4) is 0 Å². The Morgan fingerprint density at radius 1 is 1.24 bits per heavy atom. The van der Waals surface area contributed by atoms with Crippen LogP contribution in [0.4, 0.5) is 0 Å². The molecular weight excluding hydrogens is 264 g/mol. The smallest absolute Gasteiger partial charge is 0.0793 e. The van der Waals surface area contributed by atoms with E-state index in [4.69, 9.17) is 4.74 Å². The lowest BCUT2D eigenvalue weighted by Crippen LogP contribution is -2.49. The fraction of sp³-hybridized carbons (Fsp3) is 0.647. The lowest BCUT2D eigenvalue weighted by atomic mass is 10.2. The van der Waals surface area contributed by atoms with Crippen molar-refractivity contribution in [1.82, 2.24) is 9.80 Å². The van der Waals surface area contributed by atoms with Crippen LogP contribution in [0.25, 0.3) is 0 Å². The fourth-order valence-corrected chi connectivity index (χ4v) is 3.11. The first-order valence-electron chi connectivity index (χ1n) is 7.81. The molecule has 118 valence electrons. The van der Waals surface area contributed by atoms with E-state index in [0.29, 0.717) is 6.54 Å². The van der Waals surface area contributed by atoms with Crippen LogP contribution in [0.3, 0.4) is 0 Å². The van der Waals surface area contributed by atoms with E-state index in [1.807, 2.05) is 6.07 Å². The van der Waals surface area contributed by atoms with Crippen LogP contribution < -0.4 is 0 Å². The Bertz CT molecular complexity index is 403. The number of aliphatic hydroxyl groups excluding tert-OH is 1. The van der Waals surface area contributed by atoms with E-state index in [-0.39, 0.29) is 18.3 Å². The Hall–Kier alpha value is -0.940. The number of rotatable bonds is 6. The zero-order chi connectivity index (χ0) is 15.2. The molecule has 21 heavy (non-hydrogen) atoms. The van der Waals surface area contributed by atoms with Gasteiger partial charge in [-0.2, -0.15) is 0 Å². The van der Waals surface area contributed by atoms with Gasteiger partial charge in [0, 0.05) is 32.7 Å². The van der Waals surface area contributed by atoms with Crippen LogP contribution >= 0.6 is 0 Å². The lowest BCUT2D eigenvalue weighted by molar-refractivity contribution is -0.0777. The predicted octanol–water partition coefficient (Wildman–Crippen LogP) is 1.59. The number of nitrogens with zero attached hydrogens (tertiary/aromatic N) is 2. The van der Waals surface area contributed by atoms with Crippen molar-refractivity contribution < 1.29 is 9.84 Å². The molecular formula is C17H28N2O2. The standard InChI is InChI=1S/C17H28N2O2/c1-14-9-19(10-15(2)21-14)13-17(20)12-18(3)11-16-7-5-4-6-8-16/h4-8,14-15,17,20H,9-13H2,1-3H3. The Morgan fingerprint density at radius 2 is 1.86 bits per heavy atom. The van der Waals surface area contributed by atoms with E-state index in [0.717, 1.165) is 26.2 Å². The molecule has 0 aromatic heterocycles. The first-order chi connectivity index (χ1) is 10.0. The number of β-amino-alcohol motifs (C(OH)–C–C–N with tert-alkyl or cyclic N) is 1. The summed E-state index contributed by atoms with van der Waals surface area (Å²) in [4.78, 5) is 4.48. The van der Waals surface area contributed by atoms with E-state index in [9.17, 15) is 5.11 Å². The van der Waals surface area contributed by atoms with Gasteiger partial charge in [0.05, 0.1) is 18.3 Å². The summed E-state index contributed by atoms with van der Waals surface area (Å²) >= 11 is 0. The van der Waals surface area contributed by atoms with Crippen molar-refractivity contribution in [1.29, 1.82) is 0 Å². The topological polar surface area (TPSA) is 35.9 Å². The molecule has 1 fully saturated rings. The molecule has 4 nitrogen and oxygen atoms in total. The number of benzene rings is 1. The van der Waals surface area contributed by atoms with E-state index in [1.165, 1.54) is 5.56 Å². The maximum absolute atomic E-state index is 10.3. The number of likely N-dealkylation sites (N-methyl/N-ethyl adjacent to an activating group) is 1. The second kappa shape index (κ2) is 7.90. The van der Waals surface area contributed by atoms with Gasteiger partial charge in [-0.15, -0.1) is 0 Å². The molecule has 0 bridgehead atoms. The number of hydrogen-bond donors (Lipinski definition) is 1. The average molecular weight is 292 g/mol. The third-order valence-electron chi connectivity index (χ3n) is 3.78. The van der Waals surface area contributed by atoms with Crippen LogP contribution in [0, 0.1) is 0 Å². The molecule has 3 atom stereocenters. The Morgan fingerprint density at radius 3 is 2.48 bits per heavy atom. The third-order valence-corrected chi connectivity index (χ3v) is 3.78. The highest BCUT2D eigenvalue weighted by molar-refractivity contribution is 5.14. The third kappa shape index (κ3) is 5.75. The molecule has 3 unspecified atom stereocenters. The van der Waals surface area contributed by atoms with Gasteiger partial charge in [0.15, 0.2) is 0 Å². The highest BCUT2D eigenvalue weighted by Gasteiger charge is 2.24. The molecule has 1 saturated heterocycles. The molecule has 1 aliphatic rings. The molecule has 4 heteroatoms. The van der Waals surface area contributed by atoms with Crippen LogP contribution in [0.1, 0.15) is 19.4 Å². The zero-order valence-electron chi connectivity index (χ0n) is 13.4. The molecule has 0 amide bonds. The first-order valence-corrected chi connectivity index (χ1v) is 7.81. The summed E-state index contributed by atoms with van der Waals surface area (Å²) < 4.78 is 5.72. The van der Waals surface area contributed by atoms with Crippen molar-refractivity contribution in [2.45, 2.75) is 38.7 Å². The molecule has 1 aromatic carbocycles. The summed E-state index contributed by atoms with van der Waals surface area (Å²) in [6.45, 7) is 8.28. The monoisotopic (exact) mass is 292 g/mol. The number of hydrogen-bond acceptors (Lipinski definition) is 4. The minimum absolute atomic E-state index is 0.253. The average Bonchev–Trinajstić information content (AvgIpc) is 2.37. The molecule has 0 spiro atoms. The van der Waals surface area contributed by atoms with Crippen molar-refractivity contribution >= 4 is 0 Å². The number of morpholine rings is 1. The molecule has 0 aliphatic carbocycles. The van der Waals surface area contributed by atoms with E-state index in [1.54, 1.807) is 0 Å². The predicted molar refractivity (Wildman–Crippen MR) is 85.2 cm³/mol. The largest absolute Gasteiger partial charge is 0.390 e. The quantitative estimate of drug-likeness (QED) is 0.864. The lowest BCUT2D eigenvalue weighted by Gasteiger charge is -2.36. The van der Waals surface area contributed by atoms with Crippen molar-refractivity contribution in [3.05, 3.63) is 35.9 Å². The molecule has 2 rings (SSSR count). The van der Waals surface area contributed by atoms with E-state index < -0.39 is 0 Å².